The van der Waals surface area contributed by atoms with Gasteiger partial charge in [0.1, 0.15) is 10.8 Å². The molecule has 7 heteroatoms. The second-order valence-electron chi connectivity index (χ2n) is 4.89. The predicted octanol–water partition coefficient (Wildman–Crippen LogP) is 2.92. The van der Waals surface area contributed by atoms with Crippen molar-refractivity contribution in [2.75, 3.05) is 25.3 Å². The Morgan fingerprint density at radius 3 is 2.79 bits per heavy atom. The van der Waals surface area contributed by atoms with Crippen molar-refractivity contribution < 1.29 is 19.1 Å². The fourth-order valence-corrected chi connectivity index (χ4v) is 2.56. The Morgan fingerprint density at radius 2 is 2.08 bits per heavy atom. The molecular formula is C17H18N2O4S. The number of aryl methyl sites for hydroxylation is 1. The Hall–Kier alpha value is -2.54. The lowest BCUT2D eigenvalue weighted by Gasteiger charge is -2.11. The van der Waals surface area contributed by atoms with Crippen LogP contribution in [0.3, 0.4) is 0 Å². The third-order valence-electron chi connectivity index (χ3n) is 3.15. The Balaban J connectivity index is 1.98. The smallest absolute Gasteiger partial charge is 0.341 e. The first-order valence-corrected chi connectivity index (χ1v) is 8.38. The summed E-state index contributed by atoms with van der Waals surface area (Å²) >= 11 is 1.34. The van der Waals surface area contributed by atoms with Crippen LogP contribution < -0.4 is 10.1 Å². The molecule has 0 unspecified atom stereocenters. The molecule has 1 aromatic heterocycles. The molecule has 2 aromatic rings. The van der Waals surface area contributed by atoms with Crippen molar-refractivity contribution in [2.45, 2.75) is 11.9 Å². The number of carbonyl (C=O) groups excluding carboxylic acids is 2. The average Bonchev–Trinajstić information content (AvgIpc) is 2.59. The minimum Gasteiger partial charge on any atom is -0.495 e. The highest BCUT2D eigenvalue weighted by molar-refractivity contribution is 7.98. The van der Waals surface area contributed by atoms with Gasteiger partial charge in [0.05, 0.1) is 18.4 Å². The van der Waals surface area contributed by atoms with Crippen LogP contribution in [0.25, 0.3) is 0 Å². The minimum atomic E-state index is -0.584. The summed E-state index contributed by atoms with van der Waals surface area (Å²) in [4.78, 5) is 28.2. The number of anilines is 1. The molecule has 1 amide bonds. The Morgan fingerprint density at radius 1 is 1.29 bits per heavy atom. The highest BCUT2D eigenvalue weighted by atomic mass is 32.2. The molecule has 0 spiro atoms. The maximum Gasteiger partial charge on any atom is 0.341 e. The molecule has 2 rings (SSSR count). The largest absolute Gasteiger partial charge is 0.495 e. The summed E-state index contributed by atoms with van der Waals surface area (Å²) in [5.74, 6) is -0.488. The zero-order chi connectivity index (χ0) is 17.5. The average molecular weight is 346 g/mol. The van der Waals surface area contributed by atoms with Gasteiger partial charge in [-0.25, -0.2) is 9.78 Å². The number of carbonyl (C=O) groups is 2. The lowest BCUT2D eigenvalue weighted by molar-refractivity contribution is -0.119. The van der Waals surface area contributed by atoms with Crippen LogP contribution >= 0.6 is 11.8 Å². The van der Waals surface area contributed by atoms with Crippen molar-refractivity contribution in [3.05, 3.63) is 47.7 Å². The summed E-state index contributed by atoms with van der Waals surface area (Å²) in [7, 11) is 1.52. The van der Waals surface area contributed by atoms with E-state index in [-0.39, 0.29) is 0 Å². The molecule has 0 aliphatic heterocycles. The molecule has 1 aromatic carbocycles. The van der Waals surface area contributed by atoms with Crippen LogP contribution in [0, 0.1) is 6.92 Å². The van der Waals surface area contributed by atoms with Gasteiger partial charge >= 0.3 is 5.97 Å². The maximum absolute atomic E-state index is 12.1. The Kier molecular flexibility index (Phi) is 6.20. The van der Waals surface area contributed by atoms with Crippen molar-refractivity contribution in [1.82, 2.24) is 4.98 Å². The molecule has 0 saturated heterocycles. The molecule has 6 nitrogen and oxygen atoms in total. The summed E-state index contributed by atoms with van der Waals surface area (Å²) in [6.45, 7) is 1.51. The van der Waals surface area contributed by atoms with Crippen LogP contribution in [0.2, 0.25) is 0 Å². The molecule has 0 atom stereocenters. The molecule has 126 valence electrons. The van der Waals surface area contributed by atoms with Gasteiger partial charge in [0, 0.05) is 6.20 Å². The van der Waals surface area contributed by atoms with Crippen LogP contribution in [0.4, 0.5) is 5.69 Å². The van der Waals surface area contributed by atoms with E-state index in [9.17, 15) is 9.59 Å². The zero-order valence-electron chi connectivity index (χ0n) is 13.7. The molecule has 1 N–H and O–H groups in total. The fourth-order valence-electron chi connectivity index (χ4n) is 2.02. The number of ether oxygens (including phenoxy) is 2. The number of nitrogens with zero attached hydrogens (tertiary/aromatic N) is 1. The van der Waals surface area contributed by atoms with Crippen molar-refractivity contribution in [1.29, 1.82) is 0 Å². The van der Waals surface area contributed by atoms with E-state index >= 15 is 0 Å². The van der Waals surface area contributed by atoms with Gasteiger partial charge in [-0.2, -0.15) is 0 Å². The van der Waals surface area contributed by atoms with E-state index in [4.69, 9.17) is 9.47 Å². The normalized spacial score (nSPS) is 10.1. The minimum absolute atomic E-state index is 0.339. The lowest BCUT2D eigenvalue weighted by Crippen LogP contribution is -2.21. The first kappa shape index (κ1) is 17.8. The van der Waals surface area contributed by atoms with Gasteiger partial charge in [-0.05, 0) is 43.0 Å². The van der Waals surface area contributed by atoms with Crippen LogP contribution in [0.5, 0.6) is 5.75 Å². The number of thioether (sulfide) groups is 1. The van der Waals surface area contributed by atoms with Gasteiger partial charge in [0.15, 0.2) is 6.61 Å². The standard InChI is InChI=1S/C17H18N2O4S/c1-11-6-7-14(22-2)13(9-11)19-15(20)10-23-17(21)12-5-4-8-18-16(12)24-3/h4-9H,10H2,1-3H3,(H,19,20). The summed E-state index contributed by atoms with van der Waals surface area (Å²) in [5, 5.41) is 3.23. The number of methoxy groups -OCH3 is 1. The molecule has 0 aliphatic carbocycles. The molecule has 0 radical (unpaired) electrons. The topological polar surface area (TPSA) is 77.5 Å². The molecule has 0 bridgehead atoms. The van der Waals surface area contributed by atoms with E-state index in [2.05, 4.69) is 10.3 Å². The highest BCUT2D eigenvalue weighted by Crippen LogP contribution is 2.25. The quantitative estimate of drug-likeness (QED) is 0.640. The lowest BCUT2D eigenvalue weighted by atomic mass is 10.2. The summed E-state index contributed by atoms with van der Waals surface area (Å²) in [6, 6.07) is 8.68. The first-order valence-electron chi connectivity index (χ1n) is 7.15. The predicted molar refractivity (Wildman–Crippen MR) is 92.7 cm³/mol. The molecular weight excluding hydrogens is 328 g/mol. The molecule has 24 heavy (non-hydrogen) atoms. The van der Waals surface area contributed by atoms with Crippen LogP contribution in [0.15, 0.2) is 41.6 Å². The van der Waals surface area contributed by atoms with Crippen molar-refractivity contribution in [2.24, 2.45) is 0 Å². The SMILES string of the molecule is COc1ccc(C)cc1NC(=O)COC(=O)c1cccnc1SC. The fraction of sp³-hybridized carbons (Fsp3) is 0.235. The third kappa shape index (κ3) is 4.48. The number of hydrogen-bond donors (Lipinski definition) is 1. The number of pyridine rings is 1. The van der Waals surface area contributed by atoms with E-state index in [1.807, 2.05) is 19.2 Å². The zero-order valence-corrected chi connectivity index (χ0v) is 14.5. The maximum atomic E-state index is 12.1. The van der Waals surface area contributed by atoms with Crippen LogP contribution in [-0.4, -0.2) is 36.8 Å². The van der Waals surface area contributed by atoms with Crippen molar-refractivity contribution in [3.63, 3.8) is 0 Å². The third-order valence-corrected chi connectivity index (χ3v) is 3.86. The summed E-state index contributed by atoms with van der Waals surface area (Å²) < 4.78 is 10.3. The molecule has 0 aliphatic rings. The molecule has 1 heterocycles. The Bertz CT molecular complexity index is 749. The highest BCUT2D eigenvalue weighted by Gasteiger charge is 2.15. The van der Waals surface area contributed by atoms with E-state index in [1.54, 1.807) is 30.5 Å². The van der Waals surface area contributed by atoms with E-state index in [0.29, 0.717) is 22.0 Å². The van der Waals surface area contributed by atoms with E-state index in [0.717, 1.165) is 5.56 Å². The molecule has 0 saturated carbocycles. The number of hydrogen-bond acceptors (Lipinski definition) is 6. The second kappa shape index (κ2) is 8.35. The number of nitrogens with one attached hydrogen (secondary N) is 1. The van der Waals surface area contributed by atoms with Crippen molar-refractivity contribution in [3.8, 4) is 5.75 Å². The van der Waals surface area contributed by atoms with Gasteiger partial charge in [0.25, 0.3) is 5.91 Å². The number of rotatable bonds is 6. The molecule has 0 fully saturated rings. The summed E-state index contributed by atoms with van der Waals surface area (Å²) in [5.41, 5.74) is 1.85. The van der Waals surface area contributed by atoms with Crippen LogP contribution in [-0.2, 0) is 9.53 Å². The van der Waals surface area contributed by atoms with Gasteiger partial charge < -0.3 is 14.8 Å². The number of esters is 1. The van der Waals surface area contributed by atoms with E-state index in [1.165, 1.54) is 18.9 Å². The van der Waals surface area contributed by atoms with Gasteiger partial charge in [-0.3, -0.25) is 4.79 Å². The monoisotopic (exact) mass is 346 g/mol. The second-order valence-corrected chi connectivity index (χ2v) is 5.68. The number of benzene rings is 1. The Labute approximate surface area is 144 Å². The van der Waals surface area contributed by atoms with Crippen LogP contribution in [0.1, 0.15) is 15.9 Å². The van der Waals surface area contributed by atoms with Gasteiger partial charge in [0.2, 0.25) is 0 Å². The van der Waals surface area contributed by atoms with Gasteiger partial charge in [-0.15, -0.1) is 11.8 Å². The summed E-state index contributed by atoms with van der Waals surface area (Å²) in [6.07, 6.45) is 3.41. The van der Waals surface area contributed by atoms with E-state index < -0.39 is 18.5 Å². The number of amides is 1. The van der Waals surface area contributed by atoms with Gasteiger partial charge in [-0.1, -0.05) is 6.07 Å². The number of aromatic nitrogens is 1. The first-order chi connectivity index (χ1) is 11.5. The van der Waals surface area contributed by atoms with Crippen molar-refractivity contribution >= 4 is 29.3 Å².